The van der Waals surface area contributed by atoms with Gasteiger partial charge in [-0.2, -0.15) is 0 Å². The largest absolute Gasteiger partial charge is 0.0992 e. The molecule has 0 aliphatic heterocycles. The Bertz CT molecular complexity index is 786. The zero-order valence-electron chi connectivity index (χ0n) is 19.3. The average Bonchev–Trinajstić information content (AvgIpc) is 2.78. The Balaban J connectivity index is 0.00000106. The van der Waals surface area contributed by atoms with E-state index in [9.17, 15) is 0 Å². The quantitative estimate of drug-likeness (QED) is 0.334. The van der Waals surface area contributed by atoms with Crippen LogP contribution in [0.2, 0.25) is 0 Å². The maximum atomic E-state index is 4.27. The lowest BCUT2D eigenvalue weighted by molar-refractivity contribution is 1.02. The van der Waals surface area contributed by atoms with Crippen molar-refractivity contribution in [3.05, 3.63) is 131 Å². The Morgan fingerprint density at radius 2 is 0.767 bits per heavy atom. The molecule has 0 bridgehead atoms. The van der Waals surface area contributed by atoms with Gasteiger partial charge in [0.05, 0.1) is 0 Å². The van der Waals surface area contributed by atoms with E-state index in [4.69, 9.17) is 0 Å². The molecule has 0 saturated carbocycles. The summed E-state index contributed by atoms with van der Waals surface area (Å²) >= 11 is 0. The van der Waals surface area contributed by atoms with E-state index in [1.807, 2.05) is 27.7 Å². The van der Waals surface area contributed by atoms with Crippen LogP contribution in [-0.2, 0) is 25.7 Å². The maximum Gasteiger partial charge on any atom is -0.00664 e. The third-order valence-corrected chi connectivity index (χ3v) is 4.49. The molecule has 3 rings (SSSR count). The number of hydrogen-bond donors (Lipinski definition) is 0. The number of allylic oxidation sites excluding steroid dienone is 2. The molecule has 0 aliphatic carbocycles. The third-order valence-electron chi connectivity index (χ3n) is 4.49. The van der Waals surface area contributed by atoms with Gasteiger partial charge in [-0.25, -0.2) is 0 Å². The van der Waals surface area contributed by atoms with Gasteiger partial charge in [0.25, 0.3) is 0 Å². The SMILES string of the molecule is C=C(Cc1ccccc1)Cc1cccc(CC(=C)Cc2ccccc2)c1.CC.CC. The summed E-state index contributed by atoms with van der Waals surface area (Å²) in [5, 5.41) is 0. The molecule has 0 unspecified atom stereocenters. The first-order chi connectivity index (χ1) is 14.7. The van der Waals surface area contributed by atoms with Crippen LogP contribution >= 0.6 is 0 Å². The van der Waals surface area contributed by atoms with E-state index in [0.29, 0.717) is 0 Å². The molecular formula is C30H38. The van der Waals surface area contributed by atoms with Crippen molar-refractivity contribution in [1.82, 2.24) is 0 Å². The smallest absolute Gasteiger partial charge is 0.00664 e. The Kier molecular flexibility index (Phi) is 12.6. The Morgan fingerprint density at radius 3 is 1.13 bits per heavy atom. The van der Waals surface area contributed by atoms with Crippen LogP contribution in [0.15, 0.2) is 109 Å². The highest BCUT2D eigenvalue weighted by Gasteiger charge is 2.03. The highest BCUT2D eigenvalue weighted by Crippen LogP contribution is 2.17. The topological polar surface area (TPSA) is 0 Å². The van der Waals surface area contributed by atoms with Crippen LogP contribution in [0.3, 0.4) is 0 Å². The first-order valence-electron chi connectivity index (χ1n) is 11.2. The van der Waals surface area contributed by atoms with Crippen LogP contribution < -0.4 is 0 Å². The second-order valence-electron chi connectivity index (χ2n) is 7.00. The summed E-state index contributed by atoms with van der Waals surface area (Å²) in [6, 6.07) is 29.9. The minimum Gasteiger partial charge on any atom is -0.0992 e. The number of benzene rings is 3. The molecule has 0 aromatic heterocycles. The standard InChI is InChI=1S/C26H26.2C2H6/c1-21(16-23-10-5-3-6-11-23)18-25-14-9-15-26(20-25)19-22(2)17-24-12-7-4-8-13-24;2*1-2/h3-15,20H,1-2,16-19H2;2*1-2H3. The van der Waals surface area contributed by atoms with Gasteiger partial charge in [0.15, 0.2) is 0 Å². The summed E-state index contributed by atoms with van der Waals surface area (Å²) in [5.41, 5.74) is 7.80. The molecule has 158 valence electrons. The van der Waals surface area contributed by atoms with Crippen LogP contribution in [0.1, 0.15) is 49.9 Å². The lowest BCUT2D eigenvalue weighted by atomic mass is 9.95. The van der Waals surface area contributed by atoms with E-state index in [-0.39, 0.29) is 0 Å². The highest BCUT2D eigenvalue weighted by atomic mass is 14.1. The average molecular weight is 399 g/mol. The summed E-state index contributed by atoms with van der Waals surface area (Å²) in [4.78, 5) is 0. The molecule has 0 N–H and O–H groups in total. The van der Waals surface area contributed by atoms with E-state index in [1.54, 1.807) is 0 Å². The Morgan fingerprint density at radius 1 is 0.467 bits per heavy atom. The Hall–Kier alpha value is -2.86. The van der Waals surface area contributed by atoms with Crippen LogP contribution in [-0.4, -0.2) is 0 Å². The molecule has 0 saturated heterocycles. The van der Waals surface area contributed by atoms with Gasteiger partial charge in [-0.05, 0) is 47.9 Å². The van der Waals surface area contributed by atoms with Crippen LogP contribution in [0.4, 0.5) is 0 Å². The van der Waals surface area contributed by atoms with Crippen molar-refractivity contribution in [2.45, 2.75) is 53.4 Å². The monoisotopic (exact) mass is 398 g/mol. The van der Waals surface area contributed by atoms with Gasteiger partial charge in [-0.15, -0.1) is 0 Å². The molecule has 0 spiro atoms. The normalized spacial score (nSPS) is 9.47. The Labute approximate surface area is 185 Å². The predicted octanol–water partition coefficient (Wildman–Crippen LogP) is 8.42. The summed E-state index contributed by atoms with van der Waals surface area (Å²) in [7, 11) is 0. The fourth-order valence-corrected chi connectivity index (χ4v) is 3.32. The van der Waals surface area contributed by atoms with Crippen molar-refractivity contribution in [3.63, 3.8) is 0 Å². The molecule has 0 atom stereocenters. The third kappa shape index (κ3) is 9.56. The molecule has 0 nitrogen and oxygen atoms in total. The van der Waals surface area contributed by atoms with Gasteiger partial charge in [0.1, 0.15) is 0 Å². The predicted molar refractivity (Wildman–Crippen MR) is 135 cm³/mol. The number of hydrogen-bond acceptors (Lipinski definition) is 0. The van der Waals surface area contributed by atoms with Crippen molar-refractivity contribution in [2.24, 2.45) is 0 Å². The summed E-state index contributed by atoms with van der Waals surface area (Å²) in [6.07, 6.45) is 3.72. The molecule has 0 amide bonds. The van der Waals surface area contributed by atoms with Crippen molar-refractivity contribution in [2.75, 3.05) is 0 Å². The minimum absolute atomic E-state index is 0.924. The van der Waals surface area contributed by atoms with Crippen LogP contribution in [0, 0.1) is 0 Å². The molecule has 3 aromatic carbocycles. The molecule has 0 radical (unpaired) electrons. The van der Waals surface area contributed by atoms with Crippen LogP contribution in [0.25, 0.3) is 0 Å². The van der Waals surface area contributed by atoms with Gasteiger partial charge < -0.3 is 0 Å². The molecule has 3 aromatic rings. The first-order valence-corrected chi connectivity index (χ1v) is 11.2. The maximum absolute atomic E-state index is 4.27. The zero-order chi connectivity index (χ0) is 22.2. The molecular weight excluding hydrogens is 360 g/mol. The second kappa shape index (κ2) is 15.0. The van der Waals surface area contributed by atoms with Crippen molar-refractivity contribution in [1.29, 1.82) is 0 Å². The molecule has 30 heavy (non-hydrogen) atoms. The van der Waals surface area contributed by atoms with Gasteiger partial charge >= 0.3 is 0 Å². The molecule has 0 heterocycles. The van der Waals surface area contributed by atoms with Crippen molar-refractivity contribution >= 4 is 0 Å². The van der Waals surface area contributed by atoms with E-state index in [2.05, 4.69) is 98.1 Å². The summed E-state index contributed by atoms with van der Waals surface area (Å²) in [5.74, 6) is 0. The lowest BCUT2D eigenvalue weighted by Gasteiger charge is -2.10. The molecule has 0 aliphatic rings. The van der Waals surface area contributed by atoms with Crippen molar-refractivity contribution < 1.29 is 0 Å². The van der Waals surface area contributed by atoms with Gasteiger partial charge in [0, 0.05) is 0 Å². The van der Waals surface area contributed by atoms with Crippen LogP contribution in [0.5, 0.6) is 0 Å². The number of rotatable bonds is 8. The van der Waals surface area contributed by atoms with E-state index >= 15 is 0 Å². The molecule has 0 heteroatoms. The fraction of sp³-hybridized carbons (Fsp3) is 0.267. The van der Waals surface area contributed by atoms with E-state index in [0.717, 1.165) is 25.7 Å². The zero-order valence-corrected chi connectivity index (χ0v) is 19.3. The van der Waals surface area contributed by atoms with Gasteiger partial charge in [0.2, 0.25) is 0 Å². The second-order valence-corrected chi connectivity index (χ2v) is 7.00. The van der Waals surface area contributed by atoms with Gasteiger partial charge in [-0.1, -0.05) is 137 Å². The van der Waals surface area contributed by atoms with Gasteiger partial charge in [-0.3, -0.25) is 0 Å². The highest BCUT2D eigenvalue weighted by molar-refractivity contribution is 5.32. The first kappa shape index (κ1) is 25.2. The van der Waals surface area contributed by atoms with E-state index in [1.165, 1.54) is 33.4 Å². The fourth-order valence-electron chi connectivity index (χ4n) is 3.32. The lowest BCUT2D eigenvalue weighted by Crippen LogP contribution is -1.97. The van der Waals surface area contributed by atoms with Crippen molar-refractivity contribution in [3.8, 4) is 0 Å². The summed E-state index contributed by atoms with van der Waals surface area (Å²) in [6.45, 7) is 16.5. The molecule has 0 fully saturated rings. The summed E-state index contributed by atoms with van der Waals surface area (Å²) < 4.78 is 0. The minimum atomic E-state index is 0.924. The van der Waals surface area contributed by atoms with E-state index < -0.39 is 0 Å².